The average Bonchev–Trinajstić information content (AvgIpc) is 2.27. The molecule has 0 aromatic rings. The lowest BCUT2D eigenvalue weighted by atomic mass is 9.80. The van der Waals surface area contributed by atoms with Gasteiger partial charge in [-0.1, -0.05) is 65.1 Å². The summed E-state index contributed by atoms with van der Waals surface area (Å²) in [5.74, 6) is 0. The van der Waals surface area contributed by atoms with E-state index >= 15 is 0 Å². The summed E-state index contributed by atoms with van der Waals surface area (Å²) in [5.41, 5.74) is 0.420. The molecule has 0 aromatic heterocycles. The SMILES string of the molecule is CC(C)(C)C1SC(=O)SC1C(C)(C)C. The van der Waals surface area contributed by atoms with E-state index in [1.807, 2.05) is 0 Å². The molecule has 1 aliphatic heterocycles. The standard InChI is InChI=1S/C11H20OS2/c1-10(2,3)7-8(11(4,5)6)14-9(12)13-7/h7-8H,1-6H3. The smallest absolute Gasteiger partial charge is 0.246 e. The van der Waals surface area contributed by atoms with Crippen molar-refractivity contribution in [3.8, 4) is 0 Å². The van der Waals surface area contributed by atoms with Crippen LogP contribution in [0.3, 0.4) is 0 Å². The van der Waals surface area contributed by atoms with E-state index in [9.17, 15) is 4.79 Å². The Morgan fingerprint density at radius 1 is 0.857 bits per heavy atom. The maximum absolute atomic E-state index is 11.5. The van der Waals surface area contributed by atoms with Gasteiger partial charge in [-0.15, -0.1) is 0 Å². The van der Waals surface area contributed by atoms with E-state index in [-0.39, 0.29) is 10.8 Å². The van der Waals surface area contributed by atoms with E-state index in [0.717, 1.165) is 0 Å². The summed E-state index contributed by atoms with van der Waals surface area (Å²) >= 11 is 3.06. The van der Waals surface area contributed by atoms with E-state index < -0.39 is 0 Å². The van der Waals surface area contributed by atoms with Crippen molar-refractivity contribution in [1.29, 1.82) is 0 Å². The maximum atomic E-state index is 11.5. The van der Waals surface area contributed by atoms with Gasteiger partial charge in [0.1, 0.15) is 0 Å². The zero-order chi connectivity index (χ0) is 11.1. The van der Waals surface area contributed by atoms with E-state index in [2.05, 4.69) is 41.5 Å². The molecule has 14 heavy (non-hydrogen) atoms. The quantitative estimate of drug-likeness (QED) is 0.615. The summed E-state index contributed by atoms with van der Waals surface area (Å²) in [6, 6.07) is 0. The van der Waals surface area contributed by atoms with Crippen molar-refractivity contribution in [2.75, 3.05) is 0 Å². The molecule has 0 amide bonds. The molecule has 0 spiro atoms. The number of carbonyl (C=O) groups is 1. The van der Waals surface area contributed by atoms with Gasteiger partial charge in [0.2, 0.25) is 4.45 Å². The number of hydrogen-bond donors (Lipinski definition) is 0. The molecule has 82 valence electrons. The van der Waals surface area contributed by atoms with Gasteiger partial charge in [0, 0.05) is 10.5 Å². The largest absolute Gasteiger partial charge is 0.274 e. The third-order valence-electron chi connectivity index (χ3n) is 2.43. The number of thioether (sulfide) groups is 2. The number of rotatable bonds is 0. The van der Waals surface area contributed by atoms with Crippen molar-refractivity contribution >= 4 is 28.0 Å². The van der Waals surface area contributed by atoms with Gasteiger partial charge in [0.15, 0.2) is 0 Å². The molecule has 1 saturated heterocycles. The molecule has 3 heteroatoms. The van der Waals surface area contributed by atoms with Crippen molar-refractivity contribution in [2.24, 2.45) is 10.8 Å². The number of hydrogen-bond acceptors (Lipinski definition) is 3. The Kier molecular flexibility index (Phi) is 3.33. The van der Waals surface area contributed by atoms with E-state index in [1.165, 1.54) is 23.5 Å². The Labute approximate surface area is 95.8 Å². The Hall–Kier alpha value is 0.370. The highest BCUT2D eigenvalue weighted by Crippen LogP contribution is 2.52. The molecule has 1 heterocycles. The predicted octanol–water partition coefficient (Wildman–Crippen LogP) is 4.42. The molecule has 1 fully saturated rings. The molecule has 0 N–H and O–H groups in total. The fraction of sp³-hybridized carbons (Fsp3) is 0.909. The monoisotopic (exact) mass is 232 g/mol. The summed E-state index contributed by atoms with van der Waals surface area (Å²) in [6.45, 7) is 13.3. The van der Waals surface area contributed by atoms with Crippen LogP contribution in [0.2, 0.25) is 0 Å². The summed E-state index contributed by atoms with van der Waals surface area (Å²) in [5, 5.41) is 0.889. The lowest BCUT2D eigenvalue weighted by Crippen LogP contribution is -2.38. The molecule has 0 saturated carbocycles. The number of carbonyl (C=O) groups excluding carboxylic acids is 1. The van der Waals surface area contributed by atoms with Crippen molar-refractivity contribution in [1.82, 2.24) is 0 Å². The highest BCUT2D eigenvalue weighted by molar-refractivity contribution is 8.41. The predicted molar refractivity (Wildman–Crippen MR) is 67.1 cm³/mol. The third-order valence-corrected chi connectivity index (χ3v) is 6.03. The van der Waals surface area contributed by atoms with E-state index in [4.69, 9.17) is 0 Å². The van der Waals surface area contributed by atoms with Crippen LogP contribution in [0.25, 0.3) is 0 Å². The zero-order valence-corrected chi connectivity index (χ0v) is 11.5. The van der Waals surface area contributed by atoms with Crippen LogP contribution >= 0.6 is 23.5 Å². The fourth-order valence-corrected chi connectivity index (χ4v) is 4.98. The Bertz CT molecular complexity index is 211. The highest BCUT2D eigenvalue weighted by Gasteiger charge is 2.46. The van der Waals surface area contributed by atoms with Crippen molar-refractivity contribution < 1.29 is 4.79 Å². The first-order valence-corrected chi connectivity index (χ1v) is 6.75. The molecule has 2 atom stereocenters. The normalized spacial score (nSPS) is 29.7. The molecule has 1 aliphatic rings. The van der Waals surface area contributed by atoms with Crippen molar-refractivity contribution in [2.45, 2.75) is 52.0 Å². The molecule has 2 unspecified atom stereocenters. The minimum Gasteiger partial charge on any atom is -0.274 e. The summed E-state index contributed by atoms with van der Waals surface area (Å²) in [7, 11) is 0. The van der Waals surface area contributed by atoms with Crippen LogP contribution in [0, 0.1) is 10.8 Å². The molecule has 0 aromatic carbocycles. The second-order valence-electron chi connectivity index (χ2n) is 6.06. The van der Waals surface area contributed by atoms with Crippen LogP contribution in [0.15, 0.2) is 0 Å². The molecule has 0 bridgehead atoms. The van der Waals surface area contributed by atoms with Gasteiger partial charge in [0.25, 0.3) is 0 Å². The first-order chi connectivity index (χ1) is 6.12. The average molecular weight is 232 g/mol. The van der Waals surface area contributed by atoms with Crippen LogP contribution in [-0.4, -0.2) is 14.9 Å². The lowest BCUT2D eigenvalue weighted by molar-refractivity contribution is 0.276. The second-order valence-corrected chi connectivity index (χ2v) is 8.55. The Balaban J connectivity index is 2.89. The minimum absolute atomic E-state index is 0.210. The van der Waals surface area contributed by atoms with Crippen LogP contribution in [0.1, 0.15) is 41.5 Å². The molecular formula is C11H20OS2. The van der Waals surface area contributed by atoms with E-state index in [0.29, 0.717) is 14.9 Å². The lowest BCUT2D eigenvalue weighted by Gasteiger charge is -2.36. The fourth-order valence-electron chi connectivity index (χ4n) is 1.62. The summed E-state index contributed by atoms with van der Waals surface area (Å²) < 4.78 is 0.296. The van der Waals surface area contributed by atoms with Crippen LogP contribution < -0.4 is 0 Å². The summed E-state index contributed by atoms with van der Waals surface area (Å²) in [6.07, 6.45) is 0. The zero-order valence-electron chi connectivity index (χ0n) is 9.88. The molecule has 1 nitrogen and oxygen atoms in total. The highest BCUT2D eigenvalue weighted by atomic mass is 32.2. The summed E-state index contributed by atoms with van der Waals surface area (Å²) in [4.78, 5) is 11.5. The molecular weight excluding hydrogens is 212 g/mol. The molecule has 1 rings (SSSR count). The Morgan fingerprint density at radius 3 is 1.36 bits per heavy atom. The van der Waals surface area contributed by atoms with Gasteiger partial charge in [-0.25, -0.2) is 0 Å². The van der Waals surface area contributed by atoms with Gasteiger partial charge in [-0.3, -0.25) is 4.79 Å². The van der Waals surface area contributed by atoms with Gasteiger partial charge >= 0.3 is 0 Å². The van der Waals surface area contributed by atoms with Crippen molar-refractivity contribution in [3.63, 3.8) is 0 Å². The van der Waals surface area contributed by atoms with E-state index in [1.54, 1.807) is 0 Å². The topological polar surface area (TPSA) is 17.1 Å². The van der Waals surface area contributed by atoms with Crippen LogP contribution in [0.5, 0.6) is 0 Å². The maximum Gasteiger partial charge on any atom is 0.246 e. The first kappa shape index (κ1) is 12.4. The molecule has 0 aliphatic carbocycles. The van der Waals surface area contributed by atoms with Crippen LogP contribution in [0.4, 0.5) is 4.79 Å². The van der Waals surface area contributed by atoms with Gasteiger partial charge < -0.3 is 0 Å². The van der Waals surface area contributed by atoms with Crippen LogP contribution in [-0.2, 0) is 0 Å². The minimum atomic E-state index is 0.210. The van der Waals surface area contributed by atoms with Gasteiger partial charge in [-0.05, 0) is 10.8 Å². The third kappa shape index (κ3) is 2.69. The van der Waals surface area contributed by atoms with Gasteiger partial charge in [-0.2, -0.15) is 0 Å². The first-order valence-electron chi connectivity index (χ1n) is 4.99. The molecule has 0 radical (unpaired) electrons. The second kappa shape index (κ2) is 3.75. The van der Waals surface area contributed by atoms with Crippen molar-refractivity contribution in [3.05, 3.63) is 0 Å². The Morgan fingerprint density at radius 2 is 1.14 bits per heavy atom. The van der Waals surface area contributed by atoms with Gasteiger partial charge in [0.05, 0.1) is 0 Å².